The van der Waals surface area contributed by atoms with E-state index >= 15 is 0 Å². The van der Waals surface area contributed by atoms with Gasteiger partial charge in [0.15, 0.2) is 5.60 Å². The molecule has 1 fully saturated rings. The highest BCUT2D eigenvalue weighted by Crippen LogP contribution is 2.24. The number of halogens is 1. The lowest BCUT2D eigenvalue weighted by Crippen LogP contribution is -2.44. The number of anilines is 2. The highest BCUT2D eigenvalue weighted by molar-refractivity contribution is 9.10. The molecule has 0 atom stereocenters. The fourth-order valence-electron chi connectivity index (χ4n) is 2.95. The fraction of sp³-hybridized carbons (Fsp3) is 0.381. The molecule has 0 spiro atoms. The van der Waals surface area contributed by atoms with Crippen LogP contribution in [0, 0.1) is 0 Å². The summed E-state index contributed by atoms with van der Waals surface area (Å²) in [6.07, 6.45) is 0. The minimum absolute atomic E-state index is 0.183. The van der Waals surface area contributed by atoms with E-state index in [9.17, 15) is 4.79 Å². The predicted octanol–water partition coefficient (Wildman–Crippen LogP) is 4.00. The maximum atomic E-state index is 12.7. The van der Waals surface area contributed by atoms with Crippen molar-refractivity contribution in [3.05, 3.63) is 53.0 Å². The molecule has 2 aromatic rings. The minimum Gasteiger partial charge on any atom is -0.478 e. The second kappa shape index (κ2) is 8.31. The maximum Gasteiger partial charge on any atom is 0.267 e. The summed E-state index contributed by atoms with van der Waals surface area (Å²) in [7, 11) is 2.15. The summed E-state index contributed by atoms with van der Waals surface area (Å²) in [6.45, 7) is 7.72. The molecule has 0 aromatic heterocycles. The number of hydrogen-bond acceptors (Lipinski definition) is 4. The Balaban J connectivity index is 1.60. The third kappa shape index (κ3) is 5.23. The first kappa shape index (κ1) is 19.7. The molecule has 2 aromatic carbocycles. The summed E-state index contributed by atoms with van der Waals surface area (Å²) >= 11 is 3.40. The Kier molecular flexibility index (Phi) is 6.07. The number of benzene rings is 2. The average molecular weight is 432 g/mol. The number of amides is 1. The molecule has 0 radical (unpaired) electrons. The van der Waals surface area contributed by atoms with Gasteiger partial charge < -0.3 is 19.9 Å². The van der Waals surface area contributed by atoms with Crippen LogP contribution in [0.5, 0.6) is 5.75 Å². The molecule has 27 heavy (non-hydrogen) atoms. The molecule has 0 unspecified atom stereocenters. The molecule has 0 aliphatic carbocycles. The summed E-state index contributed by atoms with van der Waals surface area (Å²) in [5.41, 5.74) is 0.973. The number of piperazine rings is 1. The molecule has 5 nitrogen and oxygen atoms in total. The number of nitrogens with one attached hydrogen (secondary N) is 1. The number of hydrogen-bond donors (Lipinski definition) is 1. The maximum absolute atomic E-state index is 12.7. The fourth-order valence-corrected chi connectivity index (χ4v) is 3.21. The van der Waals surface area contributed by atoms with E-state index in [4.69, 9.17) is 4.74 Å². The van der Waals surface area contributed by atoms with Crippen LogP contribution in [0.1, 0.15) is 13.8 Å². The monoisotopic (exact) mass is 431 g/mol. The van der Waals surface area contributed by atoms with Gasteiger partial charge in [0.2, 0.25) is 0 Å². The largest absolute Gasteiger partial charge is 0.478 e. The number of likely N-dealkylation sites (N-methyl/N-ethyl adjacent to an activating group) is 1. The Labute approximate surface area is 169 Å². The lowest BCUT2D eigenvalue weighted by Gasteiger charge is -2.34. The van der Waals surface area contributed by atoms with Gasteiger partial charge in [-0.2, -0.15) is 0 Å². The molecule has 0 saturated carbocycles. The molecule has 3 rings (SSSR count). The number of carbonyl (C=O) groups excluding carboxylic acids is 1. The van der Waals surface area contributed by atoms with Crippen LogP contribution in [0.4, 0.5) is 11.4 Å². The van der Waals surface area contributed by atoms with Gasteiger partial charge in [0.05, 0.1) is 0 Å². The molecular formula is C21H26BrN3O2. The van der Waals surface area contributed by atoms with Crippen LogP contribution < -0.4 is 15.0 Å². The Morgan fingerprint density at radius 3 is 2.19 bits per heavy atom. The molecule has 1 heterocycles. The van der Waals surface area contributed by atoms with Crippen molar-refractivity contribution in [1.82, 2.24) is 4.90 Å². The molecule has 1 N–H and O–H groups in total. The molecule has 1 aliphatic rings. The molecule has 144 valence electrons. The van der Waals surface area contributed by atoms with Crippen molar-refractivity contribution in [2.24, 2.45) is 0 Å². The van der Waals surface area contributed by atoms with Crippen molar-refractivity contribution >= 4 is 33.2 Å². The zero-order chi connectivity index (χ0) is 19.4. The first-order chi connectivity index (χ1) is 12.8. The molecule has 1 saturated heterocycles. The smallest absolute Gasteiger partial charge is 0.267 e. The molecule has 6 heteroatoms. The Bertz CT molecular complexity index is 767. The van der Waals surface area contributed by atoms with E-state index < -0.39 is 5.60 Å². The highest BCUT2D eigenvalue weighted by Gasteiger charge is 2.30. The average Bonchev–Trinajstić information content (AvgIpc) is 2.65. The van der Waals surface area contributed by atoms with Crippen LogP contribution in [0.2, 0.25) is 0 Å². The Morgan fingerprint density at radius 1 is 1.00 bits per heavy atom. The van der Waals surface area contributed by atoms with E-state index in [0.29, 0.717) is 5.75 Å². The number of rotatable bonds is 5. The van der Waals surface area contributed by atoms with Gasteiger partial charge in [-0.05, 0) is 69.4 Å². The summed E-state index contributed by atoms with van der Waals surface area (Å²) < 4.78 is 6.84. The number of carbonyl (C=O) groups is 1. The highest BCUT2D eigenvalue weighted by atomic mass is 79.9. The van der Waals surface area contributed by atoms with Crippen molar-refractivity contribution < 1.29 is 9.53 Å². The van der Waals surface area contributed by atoms with Crippen LogP contribution in [-0.4, -0.2) is 49.6 Å². The molecular weight excluding hydrogens is 406 g/mol. The zero-order valence-electron chi connectivity index (χ0n) is 16.0. The lowest BCUT2D eigenvalue weighted by atomic mass is 10.1. The molecule has 0 bridgehead atoms. The van der Waals surface area contributed by atoms with Crippen molar-refractivity contribution in [1.29, 1.82) is 0 Å². The topological polar surface area (TPSA) is 44.8 Å². The van der Waals surface area contributed by atoms with Gasteiger partial charge in [0.25, 0.3) is 5.91 Å². The third-order valence-electron chi connectivity index (χ3n) is 4.73. The minimum atomic E-state index is -0.982. The second-order valence-corrected chi connectivity index (χ2v) is 8.27. The molecule has 1 aliphatic heterocycles. The van der Waals surface area contributed by atoms with E-state index in [2.05, 4.69) is 50.2 Å². The zero-order valence-corrected chi connectivity index (χ0v) is 17.6. The van der Waals surface area contributed by atoms with Crippen molar-refractivity contribution in [3.8, 4) is 5.75 Å². The number of ether oxygens (including phenoxy) is 1. The van der Waals surface area contributed by atoms with Crippen molar-refractivity contribution in [3.63, 3.8) is 0 Å². The van der Waals surface area contributed by atoms with Crippen molar-refractivity contribution in [2.75, 3.05) is 43.4 Å². The number of nitrogens with zero attached hydrogens (tertiary/aromatic N) is 2. The van der Waals surface area contributed by atoms with E-state index in [1.807, 2.05) is 36.4 Å². The van der Waals surface area contributed by atoms with Crippen LogP contribution in [0.3, 0.4) is 0 Å². The molecule has 1 amide bonds. The van der Waals surface area contributed by atoms with E-state index in [1.165, 1.54) is 5.69 Å². The summed E-state index contributed by atoms with van der Waals surface area (Å²) in [4.78, 5) is 17.4. The van der Waals surface area contributed by atoms with Gasteiger partial charge in [0, 0.05) is 42.0 Å². The SMILES string of the molecule is CN1CCN(c2ccc(NC(=O)C(C)(C)Oc3ccc(Br)cc3)cc2)CC1. The van der Waals surface area contributed by atoms with E-state index in [0.717, 1.165) is 36.3 Å². The van der Waals surface area contributed by atoms with Crippen molar-refractivity contribution in [2.45, 2.75) is 19.4 Å². The van der Waals surface area contributed by atoms with Crippen LogP contribution in [0.25, 0.3) is 0 Å². The van der Waals surface area contributed by atoms with Gasteiger partial charge in [-0.15, -0.1) is 0 Å². The summed E-state index contributed by atoms with van der Waals surface area (Å²) in [6, 6.07) is 15.5. The van der Waals surface area contributed by atoms with Gasteiger partial charge in [-0.3, -0.25) is 4.79 Å². The standard InChI is InChI=1S/C21H26BrN3O2/c1-21(2,27-19-10-4-16(22)5-11-19)20(26)23-17-6-8-18(9-7-17)25-14-12-24(3)13-15-25/h4-11H,12-15H2,1-3H3,(H,23,26). The summed E-state index contributed by atoms with van der Waals surface area (Å²) in [5, 5.41) is 2.95. The van der Waals surface area contributed by atoms with E-state index in [1.54, 1.807) is 13.8 Å². The first-order valence-electron chi connectivity index (χ1n) is 9.13. The quantitative estimate of drug-likeness (QED) is 0.776. The Hall–Kier alpha value is -2.05. The normalized spacial score (nSPS) is 15.5. The van der Waals surface area contributed by atoms with Gasteiger partial charge in [0.1, 0.15) is 5.75 Å². The van der Waals surface area contributed by atoms with Crippen LogP contribution in [-0.2, 0) is 4.79 Å². The predicted molar refractivity (Wildman–Crippen MR) is 114 cm³/mol. The van der Waals surface area contributed by atoms with Gasteiger partial charge >= 0.3 is 0 Å². The van der Waals surface area contributed by atoms with Crippen LogP contribution in [0.15, 0.2) is 53.0 Å². The Morgan fingerprint density at radius 2 is 1.59 bits per heavy atom. The van der Waals surface area contributed by atoms with Crippen LogP contribution >= 0.6 is 15.9 Å². The first-order valence-corrected chi connectivity index (χ1v) is 9.92. The third-order valence-corrected chi connectivity index (χ3v) is 5.26. The summed E-state index contributed by atoms with van der Waals surface area (Å²) in [5.74, 6) is 0.474. The van der Waals surface area contributed by atoms with Gasteiger partial charge in [-0.1, -0.05) is 15.9 Å². The van der Waals surface area contributed by atoms with E-state index in [-0.39, 0.29) is 5.91 Å². The second-order valence-electron chi connectivity index (χ2n) is 7.36. The lowest BCUT2D eigenvalue weighted by molar-refractivity contribution is -0.128. The van der Waals surface area contributed by atoms with Gasteiger partial charge in [-0.25, -0.2) is 0 Å².